The number of rotatable bonds is 6. The van der Waals surface area contributed by atoms with Crippen molar-refractivity contribution >= 4 is 23.5 Å². The first-order chi connectivity index (χ1) is 11.2. The monoisotopic (exact) mass is 350 g/mol. The standard InChI is InChI=1S/C17H19ClN2O4/c1-10(2)17(3,9-15(21)22)19-16(23)14-8-13(20-24-14)11-5-4-6-12(18)7-11/h4-8,10H,9H2,1-3H3,(H,19,23)(H,21,22). The number of carboxylic acid groups (broad SMARTS) is 1. The lowest BCUT2D eigenvalue weighted by Crippen LogP contribution is -2.51. The molecule has 0 bridgehead atoms. The highest BCUT2D eigenvalue weighted by Gasteiger charge is 2.34. The van der Waals surface area contributed by atoms with Crippen molar-refractivity contribution in [1.29, 1.82) is 0 Å². The Morgan fingerprint density at radius 2 is 2.08 bits per heavy atom. The number of benzene rings is 1. The van der Waals surface area contributed by atoms with E-state index < -0.39 is 17.4 Å². The van der Waals surface area contributed by atoms with Crippen LogP contribution in [0.2, 0.25) is 5.02 Å². The zero-order valence-electron chi connectivity index (χ0n) is 13.7. The van der Waals surface area contributed by atoms with Gasteiger partial charge in [-0.05, 0) is 25.0 Å². The van der Waals surface area contributed by atoms with Crippen LogP contribution in [0.25, 0.3) is 11.3 Å². The van der Waals surface area contributed by atoms with Crippen LogP contribution in [0.3, 0.4) is 0 Å². The van der Waals surface area contributed by atoms with Crippen LogP contribution in [0.5, 0.6) is 0 Å². The van der Waals surface area contributed by atoms with E-state index in [1.165, 1.54) is 6.07 Å². The molecule has 1 atom stereocenters. The number of amides is 1. The number of hydrogen-bond acceptors (Lipinski definition) is 4. The quantitative estimate of drug-likeness (QED) is 0.830. The van der Waals surface area contributed by atoms with Crippen molar-refractivity contribution in [1.82, 2.24) is 10.5 Å². The molecule has 1 heterocycles. The van der Waals surface area contributed by atoms with E-state index in [2.05, 4.69) is 10.5 Å². The summed E-state index contributed by atoms with van der Waals surface area (Å²) in [6, 6.07) is 8.52. The number of carbonyl (C=O) groups is 2. The Labute approximate surface area is 144 Å². The van der Waals surface area contributed by atoms with Crippen molar-refractivity contribution in [3.8, 4) is 11.3 Å². The Bertz CT molecular complexity index is 757. The molecular formula is C17H19ClN2O4. The smallest absolute Gasteiger partial charge is 0.305 e. The average Bonchev–Trinajstić information content (AvgIpc) is 2.96. The molecule has 0 spiro atoms. The molecule has 0 saturated heterocycles. The van der Waals surface area contributed by atoms with Gasteiger partial charge in [0.2, 0.25) is 5.76 Å². The van der Waals surface area contributed by atoms with E-state index in [-0.39, 0.29) is 18.1 Å². The molecule has 1 amide bonds. The first kappa shape index (κ1) is 18.0. The number of nitrogens with one attached hydrogen (secondary N) is 1. The Hall–Kier alpha value is -2.34. The molecule has 2 N–H and O–H groups in total. The second-order valence-electron chi connectivity index (χ2n) is 6.18. The minimum Gasteiger partial charge on any atom is -0.481 e. The van der Waals surface area contributed by atoms with Crippen LogP contribution in [0, 0.1) is 5.92 Å². The molecule has 1 unspecified atom stereocenters. The number of hydrogen-bond donors (Lipinski definition) is 2. The molecule has 0 aliphatic heterocycles. The van der Waals surface area contributed by atoms with E-state index in [0.717, 1.165) is 5.56 Å². The van der Waals surface area contributed by atoms with Gasteiger partial charge in [-0.2, -0.15) is 0 Å². The molecule has 128 valence electrons. The molecule has 0 aliphatic rings. The van der Waals surface area contributed by atoms with E-state index in [1.807, 2.05) is 13.8 Å². The van der Waals surface area contributed by atoms with Gasteiger partial charge in [0.05, 0.1) is 12.0 Å². The predicted octanol–water partition coefficient (Wildman–Crippen LogP) is 3.61. The fourth-order valence-electron chi connectivity index (χ4n) is 2.19. The fourth-order valence-corrected chi connectivity index (χ4v) is 2.38. The summed E-state index contributed by atoms with van der Waals surface area (Å²) in [4.78, 5) is 23.5. The van der Waals surface area contributed by atoms with Crippen molar-refractivity contribution in [2.75, 3.05) is 0 Å². The van der Waals surface area contributed by atoms with Crippen LogP contribution in [0.4, 0.5) is 0 Å². The maximum Gasteiger partial charge on any atom is 0.305 e. The summed E-state index contributed by atoms with van der Waals surface area (Å²) in [5, 5.41) is 16.2. The van der Waals surface area contributed by atoms with Gasteiger partial charge in [0.25, 0.3) is 5.91 Å². The maximum atomic E-state index is 12.4. The molecular weight excluding hydrogens is 332 g/mol. The maximum absolute atomic E-state index is 12.4. The largest absolute Gasteiger partial charge is 0.481 e. The van der Waals surface area contributed by atoms with Gasteiger partial charge >= 0.3 is 5.97 Å². The zero-order valence-corrected chi connectivity index (χ0v) is 14.4. The summed E-state index contributed by atoms with van der Waals surface area (Å²) in [5.41, 5.74) is 0.306. The summed E-state index contributed by atoms with van der Waals surface area (Å²) < 4.78 is 5.10. The normalized spacial score (nSPS) is 13.5. The van der Waals surface area contributed by atoms with Gasteiger partial charge in [0, 0.05) is 16.7 Å². The molecule has 0 aliphatic carbocycles. The Balaban J connectivity index is 2.20. The second kappa shape index (κ2) is 7.05. The summed E-state index contributed by atoms with van der Waals surface area (Å²) >= 11 is 5.94. The molecule has 0 fully saturated rings. The van der Waals surface area contributed by atoms with Crippen LogP contribution in [-0.4, -0.2) is 27.7 Å². The van der Waals surface area contributed by atoms with Crippen molar-refractivity contribution in [2.45, 2.75) is 32.7 Å². The lowest BCUT2D eigenvalue weighted by Gasteiger charge is -2.32. The van der Waals surface area contributed by atoms with Gasteiger partial charge in [-0.1, -0.05) is 42.7 Å². The summed E-state index contributed by atoms with van der Waals surface area (Å²) in [6.07, 6.45) is -0.189. The zero-order chi connectivity index (χ0) is 17.9. The summed E-state index contributed by atoms with van der Waals surface area (Å²) in [7, 11) is 0. The van der Waals surface area contributed by atoms with Crippen LogP contribution in [-0.2, 0) is 4.79 Å². The molecule has 2 rings (SSSR count). The summed E-state index contributed by atoms with van der Waals surface area (Å²) in [6.45, 7) is 5.39. The summed E-state index contributed by atoms with van der Waals surface area (Å²) in [5.74, 6) is -1.55. The number of aromatic nitrogens is 1. The van der Waals surface area contributed by atoms with E-state index in [4.69, 9.17) is 21.2 Å². The molecule has 1 aromatic heterocycles. The molecule has 2 aromatic rings. The van der Waals surface area contributed by atoms with Gasteiger partial charge in [-0.25, -0.2) is 0 Å². The molecule has 0 radical (unpaired) electrons. The van der Waals surface area contributed by atoms with Crippen LogP contribution in [0.15, 0.2) is 34.9 Å². The van der Waals surface area contributed by atoms with Gasteiger partial charge in [0.1, 0.15) is 5.69 Å². The second-order valence-corrected chi connectivity index (χ2v) is 6.62. The first-order valence-electron chi connectivity index (χ1n) is 7.48. The van der Waals surface area contributed by atoms with Gasteiger partial charge in [0.15, 0.2) is 0 Å². The molecule has 24 heavy (non-hydrogen) atoms. The van der Waals surface area contributed by atoms with Crippen LogP contribution < -0.4 is 5.32 Å². The predicted molar refractivity (Wildman–Crippen MR) is 89.9 cm³/mol. The molecule has 1 aromatic carbocycles. The molecule has 7 heteroatoms. The van der Waals surface area contributed by atoms with Gasteiger partial charge in [-0.3, -0.25) is 9.59 Å². The van der Waals surface area contributed by atoms with E-state index in [1.54, 1.807) is 31.2 Å². The minimum atomic E-state index is -0.983. The van der Waals surface area contributed by atoms with Crippen LogP contribution >= 0.6 is 11.6 Å². The number of nitrogens with zero attached hydrogens (tertiary/aromatic N) is 1. The van der Waals surface area contributed by atoms with Crippen molar-refractivity contribution in [2.24, 2.45) is 5.92 Å². The van der Waals surface area contributed by atoms with E-state index in [9.17, 15) is 9.59 Å². The number of halogens is 1. The lowest BCUT2D eigenvalue weighted by atomic mass is 9.85. The highest BCUT2D eigenvalue weighted by molar-refractivity contribution is 6.30. The van der Waals surface area contributed by atoms with Crippen molar-refractivity contribution in [3.63, 3.8) is 0 Å². The highest BCUT2D eigenvalue weighted by atomic mass is 35.5. The fraction of sp³-hybridized carbons (Fsp3) is 0.353. The lowest BCUT2D eigenvalue weighted by molar-refractivity contribution is -0.138. The van der Waals surface area contributed by atoms with Crippen LogP contribution in [0.1, 0.15) is 37.7 Å². The van der Waals surface area contributed by atoms with Crippen molar-refractivity contribution in [3.05, 3.63) is 41.1 Å². The number of carbonyl (C=O) groups excluding carboxylic acids is 1. The molecule has 0 saturated carbocycles. The minimum absolute atomic E-state index is 0.0160. The third-order valence-electron chi connectivity index (χ3n) is 4.05. The SMILES string of the molecule is CC(C)C(C)(CC(=O)O)NC(=O)c1cc(-c2cccc(Cl)c2)no1. The Kier molecular flexibility index (Phi) is 5.29. The Morgan fingerprint density at radius 3 is 2.67 bits per heavy atom. The van der Waals surface area contributed by atoms with E-state index in [0.29, 0.717) is 10.7 Å². The van der Waals surface area contributed by atoms with E-state index >= 15 is 0 Å². The highest BCUT2D eigenvalue weighted by Crippen LogP contribution is 2.24. The van der Waals surface area contributed by atoms with Gasteiger partial charge < -0.3 is 14.9 Å². The number of aliphatic carboxylic acids is 1. The van der Waals surface area contributed by atoms with Crippen molar-refractivity contribution < 1.29 is 19.2 Å². The molecule has 6 nitrogen and oxygen atoms in total. The average molecular weight is 351 g/mol. The van der Waals surface area contributed by atoms with Gasteiger partial charge in [-0.15, -0.1) is 0 Å². The Morgan fingerprint density at radius 1 is 1.38 bits per heavy atom. The topological polar surface area (TPSA) is 92.4 Å². The third-order valence-corrected chi connectivity index (χ3v) is 4.28. The first-order valence-corrected chi connectivity index (χ1v) is 7.86. The number of carboxylic acids is 1. The third kappa shape index (κ3) is 4.14.